The molecule has 0 fully saturated rings. The summed E-state index contributed by atoms with van der Waals surface area (Å²) >= 11 is 5.89. The zero-order valence-corrected chi connectivity index (χ0v) is 10.2. The molecule has 4 heteroatoms. The fourth-order valence-corrected chi connectivity index (χ4v) is 1.52. The van der Waals surface area contributed by atoms with E-state index in [9.17, 15) is 0 Å². The lowest BCUT2D eigenvalue weighted by Crippen LogP contribution is -2.10. The van der Waals surface area contributed by atoms with Gasteiger partial charge in [0.15, 0.2) is 0 Å². The van der Waals surface area contributed by atoms with Crippen LogP contribution in [0.4, 0.5) is 0 Å². The van der Waals surface area contributed by atoms with Gasteiger partial charge in [-0.3, -0.25) is 4.68 Å². The van der Waals surface area contributed by atoms with E-state index in [1.54, 1.807) is 6.20 Å². The van der Waals surface area contributed by atoms with Gasteiger partial charge in [0.1, 0.15) is 0 Å². The Balaban J connectivity index is 2.46. The molecule has 0 aliphatic rings. The van der Waals surface area contributed by atoms with E-state index < -0.39 is 0 Å². The molecule has 0 atom stereocenters. The van der Waals surface area contributed by atoms with Crippen molar-refractivity contribution >= 4 is 11.6 Å². The van der Waals surface area contributed by atoms with E-state index in [1.165, 1.54) is 0 Å². The van der Waals surface area contributed by atoms with Gasteiger partial charge in [-0.1, -0.05) is 11.6 Å². The second-order valence-electron chi connectivity index (χ2n) is 4.40. The normalized spacial score (nSPS) is 11.4. The maximum absolute atomic E-state index is 8.86. The number of halogens is 1. The first-order valence-corrected chi connectivity index (χ1v) is 5.43. The van der Waals surface area contributed by atoms with Crippen molar-refractivity contribution in [2.24, 2.45) is 5.41 Å². The van der Waals surface area contributed by atoms with Crippen LogP contribution in [0.5, 0.6) is 0 Å². The van der Waals surface area contributed by atoms with Crippen molar-refractivity contribution < 1.29 is 0 Å². The summed E-state index contributed by atoms with van der Waals surface area (Å²) in [6.07, 6.45) is 3.48. The van der Waals surface area contributed by atoms with Crippen molar-refractivity contribution in [3.05, 3.63) is 16.9 Å². The molecule has 0 aliphatic carbocycles. The minimum atomic E-state index is -0.245. The Kier molecular flexibility index (Phi) is 3.76. The molecule has 0 spiro atoms. The van der Waals surface area contributed by atoms with Crippen LogP contribution in [0.15, 0.2) is 6.20 Å². The van der Waals surface area contributed by atoms with Crippen molar-refractivity contribution in [2.75, 3.05) is 0 Å². The van der Waals surface area contributed by atoms with E-state index in [0.29, 0.717) is 5.02 Å². The molecular formula is C11H16ClN3. The summed E-state index contributed by atoms with van der Waals surface area (Å²) in [6.45, 7) is 6.68. The highest BCUT2D eigenvalue weighted by molar-refractivity contribution is 6.31. The first-order valence-electron chi connectivity index (χ1n) is 5.05. The van der Waals surface area contributed by atoms with Gasteiger partial charge in [-0.2, -0.15) is 10.4 Å². The number of aryl methyl sites for hydroxylation is 1. The van der Waals surface area contributed by atoms with Crippen molar-refractivity contribution in [1.29, 1.82) is 5.26 Å². The van der Waals surface area contributed by atoms with Crippen LogP contribution in [-0.4, -0.2) is 9.78 Å². The molecule has 0 bridgehead atoms. The first-order chi connectivity index (χ1) is 6.96. The molecule has 1 aromatic heterocycles. The standard InChI is InChI=1S/C11H16ClN3/c1-9-10(12)7-14-15(9)6-4-5-11(2,3)8-13/h7H,4-6H2,1-3H3. The lowest BCUT2D eigenvalue weighted by molar-refractivity contribution is 0.405. The molecular weight excluding hydrogens is 210 g/mol. The van der Waals surface area contributed by atoms with Gasteiger partial charge in [0, 0.05) is 6.54 Å². The molecule has 82 valence electrons. The van der Waals surface area contributed by atoms with Crippen LogP contribution in [0.3, 0.4) is 0 Å². The number of aromatic nitrogens is 2. The minimum Gasteiger partial charge on any atom is -0.268 e. The third-order valence-corrected chi connectivity index (χ3v) is 2.89. The Hall–Kier alpha value is -1.01. The summed E-state index contributed by atoms with van der Waals surface area (Å²) in [6, 6.07) is 2.29. The van der Waals surface area contributed by atoms with Crippen molar-refractivity contribution in [3.63, 3.8) is 0 Å². The SMILES string of the molecule is Cc1c(Cl)cnn1CCCC(C)(C)C#N. The van der Waals surface area contributed by atoms with E-state index in [4.69, 9.17) is 16.9 Å². The highest BCUT2D eigenvalue weighted by Crippen LogP contribution is 2.21. The number of nitrogens with zero attached hydrogens (tertiary/aromatic N) is 3. The highest BCUT2D eigenvalue weighted by Gasteiger charge is 2.16. The second kappa shape index (κ2) is 4.67. The fraction of sp³-hybridized carbons (Fsp3) is 0.636. The summed E-state index contributed by atoms with van der Waals surface area (Å²) in [5, 5.41) is 13.7. The molecule has 0 aromatic carbocycles. The van der Waals surface area contributed by atoms with Gasteiger partial charge in [0.2, 0.25) is 0 Å². The van der Waals surface area contributed by atoms with Gasteiger partial charge in [0.05, 0.1) is 28.4 Å². The molecule has 0 amide bonds. The predicted octanol–water partition coefficient (Wildman–Crippen LogP) is 3.17. The molecule has 1 aromatic rings. The third kappa shape index (κ3) is 3.24. The van der Waals surface area contributed by atoms with Gasteiger partial charge in [0.25, 0.3) is 0 Å². The quantitative estimate of drug-likeness (QED) is 0.790. The van der Waals surface area contributed by atoms with Crippen molar-refractivity contribution in [2.45, 2.75) is 40.2 Å². The number of rotatable bonds is 4. The summed E-state index contributed by atoms with van der Waals surface area (Å²) < 4.78 is 1.88. The van der Waals surface area contributed by atoms with Crippen LogP contribution in [-0.2, 0) is 6.54 Å². The number of nitriles is 1. The van der Waals surface area contributed by atoms with E-state index in [1.807, 2.05) is 25.5 Å². The van der Waals surface area contributed by atoms with Gasteiger partial charge in [-0.05, 0) is 33.6 Å². The minimum absolute atomic E-state index is 0.245. The first kappa shape index (κ1) is 12.1. The maximum atomic E-state index is 8.86. The molecule has 0 N–H and O–H groups in total. The Morgan fingerprint density at radius 2 is 2.27 bits per heavy atom. The molecule has 0 saturated heterocycles. The van der Waals surface area contributed by atoms with Crippen LogP contribution >= 0.6 is 11.6 Å². The van der Waals surface area contributed by atoms with E-state index >= 15 is 0 Å². The average Bonchev–Trinajstić information content (AvgIpc) is 2.49. The van der Waals surface area contributed by atoms with Gasteiger partial charge in [-0.15, -0.1) is 0 Å². The summed E-state index contributed by atoms with van der Waals surface area (Å²) in [5.41, 5.74) is 0.747. The molecule has 0 unspecified atom stereocenters. The van der Waals surface area contributed by atoms with Crippen LogP contribution in [0.1, 0.15) is 32.4 Å². The summed E-state index contributed by atoms with van der Waals surface area (Å²) in [7, 11) is 0. The van der Waals surface area contributed by atoms with E-state index in [2.05, 4.69) is 11.2 Å². The van der Waals surface area contributed by atoms with Crippen LogP contribution in [0.25, 0.3) is 0 Å². The molecule has 15 heavy (non-hydrogen) atoms. The van der Waals surface area contributed by atoms with Crippen molar-refractivity contribution in [3.8, 4) is 6.07 Å². The maximum Gasteiger partial charge on any atom is 0.0814 e. The fourth-order valence-electron chi connectivity index (χ4n) is 1.38. The van der Waals surface area contributed by atoms with Crippen LogP contribution < -0.4 is 0 Å². The monoisotopic (exact) mass is 225 g/mol. The zero-order chi connectivity index (χ0) is 11.5. The lowest BCUT2D eigenvalue weighted by atomic mass is 9.90. The molecule has 0 saturated carbocycles. The Morgan fingerprint density at radius 3 is 2.73 bits per heavy atom. The zero-order valence-electron chi connectivity index (χ0n) is 9.42. The molecule has 1 rings (SSSR count). The van der Waals surface area contributed by atoms with Gasteiger partial charge in [-0.25, -0.2) is 0 Å². The predicted molar refractivity (Wildman–Crippen MR) is 60.6 cm³/mol. The Labute approximate surface area is 95.7 Å². The lowest BCUT2D eigenvalue weighted by Gasteiger charge is -2.14. The van der Waals surface area contributed by atoms with E-state index in [0.717, 1.165) is 25.1 Å². The van der Waals surface area contributed by atoms with Crippen molar-refractivity contribution in [1.82, 2.24) is 9.78 Å². The molecule has 0 aliphatic heterocycles. The summed E-state index contributed by atoms with van der Waals surface area (Å²) in [4.78, 5) is 0. The van der Waals surface area contributed by atoms with E-state index in [-0.39, 0.29) is 5.41 Å². The number of hydrogen-bond donors (Lipinski definition) is 0. The van der Waals surface area contributed by atoms with Gasteiger partial charge < -0.3 is 0 Å². The number of hydrogen-bond acceptors (Lipinski definition) is 2. The third-order valence-electron chi connectivity index (χ3n) is 2.52. The average molecular weight is 226 g/mol. The Morgan fingerprint density at radius 1 is 1.60 bits per heavy atom. The highest BCUT2D eigenvalue weighted by atomic mass is 35.5. The second-order valence-corrected chi connectivity index (χ2v) is 4.81. The van der Waals surface area contributed by atoms with Gasteiger partial charge >= 0.3 is 0 Å². The smallest absolute Gasteiger partial charge is 0.0814 e. The molecule has 1 heterocycles. The molecule has 0 radical (unpaired) electrons. The van der Waals surface area contributed by atoms with Crippen LogP contribution in [0.2, 0.25) is 5.02 Å². The largest absolute Gasteiger partial charge is 0.268 e. The summed E-state index contributed by atoms with van der Waals surface area (Å²) in [5.74, 6) is 0. The Bertz CT molecular complexity index is 374. The molecule has 3 nitrogen and oxygen atoms in total. The topological polar surface area (TPSA) is 41.6 Å². The van der Waals surface area contributed by atoms with Crippen LogP contribution in [0, 0.1) is 23.7 Å².